The van der Waals surface area contributed by atoms with Crippen molar-refractivity contribution < 1.29 is 14.3 Å². The number of nitrogens with one attached hydrogen (secondary N) is 1. The van der Waals surface area contributed by atoms with Crippen molar-refractivity contribution >= 4 is 40.2 Å². The second-order valence-corrected chi connectivity index (χ2v) is 8.35. The summed E-state index contributed by atoms with van der Waals surface area (Å²) in [5.41, 5.74) is 6.12. The quantitative estimate of drug-likeness (QED) is 0.312. The number of hydrogen-bond acceptors (Lipinski definition) is 4. The van der Waals surface area contributed by atoms with Crippen LogP contribution in [0.25, 0.3) is 28.1 Å². The van der Waals surface area contributed by atoms with Crippen LogP contribution in [0.1, 0.15) is 16.7 Å². The van der Waals surface area contributed by atoms with Gasteiger partial charge in [0.15, 0.2) is 11.5 Å². The van der Waals surface area contributed by atoms with Crippen molar-refractivity contribution in [3.63, 3.8) is 0 Å². The lowest BCUT2D eigenvalue weighted by molar-refractivity contribution is -0.111. The van der Waals surface area contributed by atoms with Crippen LogP contribution in [-0.4, -0.2) is 25.1 Å². The summed E-state index contributed by atoms with van der Waals surface area (Å²) in [6, 6.07) is 17.2. The fourth-order valence-corrected chi connectivity index (χ4v) is 4.24. The first-order valence-corrected chi connectivity index (χ1v) is 11.1. The molecule has 4 aromatic rings. The van der Waals surface area contributed by atoms with E-state index in [1.54, 1.807) is 38.6 Å². The normalized spacial score (nSPS) is 11.1. The maximum atomic E-state index is 12.9. The van der Waals surface area contributed by atoms with E-state index >= 15 is 0 Å². The van der Waals surface area contributed by atoms with Crippen molar-refractivity contribution in [2.45, 2.75) is 13.8 Å². The average Bonchev–Trinajstić information content (AvgIpc) is 2.83. The lowest BCUT2D eigenvalue weighted by Crippen LogP contribution is -2.10. The molecule has 0 aliphatic heterocycles. The van der Waals surface area contributed by atoms with Gasteiger partial charge < -0.3 is 14.8 Å². The van der Waals surface area contributed by atoms with Crippen LogP contribution in [0.5, 0.6) is 11.5 Å². The monoisotopic (exact) mass is 472 g/mol. The van der Waals surface area contributed by atoms with E-state index in [0.29, 0.717) is 22.2 Å². The number of carbonyl (C=O) groups is 1. The van der Waals surface area contributed by atoms with Crippen LogP contribution in [0.4, 0.5) is 5.69 Å². The zero-order chi connectivity index (χ0) is 24.2. The number of amides is 1. The summed E-state index contributed by atoms with van der Waals surface area (Å²) in [6.45, 7) is 4.07. The molecule has 0 radical (unpaired) electrons. The van der Waals surface area contributed by atoms with Gasteiger partial charge in [0, 0.05) is 27.6 Å². The lowest BCUT2D eigenvalue weighted by atomic mass is 9.96. The Morgan fingerprint density at radius 2 is 1.76 bits per heavy atom. The Bertz CT molecular complexity index is 1410. The minimum Gasteiger partial charge on any atom is -0.493 e. The molecule has 0 aliphatic carbocycles. The van der Waals surface area contributed by atoms with Crippen molar-refractivity contribution in [1.29, 1.82) is 0 Å². The Labute approximate surface area is 204 Å². The van der Waals surface area contributed by atoms with Gasteiger partial charge in [0.2, 0.25) is 5.91 Å². The minimum atomic E-state index is -0.284. The second-order valence-electron chi connectivity index (χ2n) is 7.94. The number of aromatic nitrogens is 1. The number of halogens is 1. The van der Waals surface area contributed by atoms with Crippen LogP contribution in [0, 0.1) is 13.8 Å². The molecule has 1 heterocycles. The SMILES string of the molecule is COc1ccc(C=CC(=O)Nc2cnc3c(C)cc(C)cc3c2-c2ccccc2Cl)cc1OC. The number of aryl methyl sites for hydroxylation is 2. The number of methoxy groups -OCH3 is 2. The predicted molar refractivity (Wildman–Crippen MR) is 139 cm³/mol. The van der Waals surface area contributed by atoms with E-state index in [1.807, 2.05) is 44.2 Å². The number of benzene rings is 3. The first-order chi connectivity index (χ1) is 16.4. The number of anilines is 1. The fourth-order valence-electron chi connectivity index (χ4n) is 4.01. The second kappa shape index (κ2) is 9.98. The summed E-state index contributed by atoms with van der Waals surface area (Å²) in [7, 11) is 3.16. The van der Waals surface area contributed by atoms with Crippen LogP contribution >= 0.6 is 11.6 Å². The van der Waals surface area contributed by atoms with E-state index in [9.17, 15) is 4.79 Å². The molecule has 34 heavy (non-hydrogen) atoms. The van der Waals surface area contributed by atoms with Crippen LogP contribution in [0.2, 0.25) is 5.02 Å². The van der Waals surface area contributed by atoms with Crippen molar-refractivity contribution in [3.05, 3.63) is 88.6 Å². The molecule has 0 saturated carbocycles. The topological polar surface area (TPSA) is 60.5 Å². The molecule has 0 saturated heterocycles. The number of pyridine rings is 1. The smallest absolute Gasteiger partial charge is 0.248 e. The summed E-state index contributed by atoms with van der Waals surface area (Å²) in [6.07, 6.45) is 4.88. The van der Waals surface area contributed by atoms with Gasteiger partial charge in [-0.2, -0.15) is 0 Å². The van der Waals surface area contributed by atoms with Gasteiger partial charge in [-0.1, -0.05) is 47.5 Å². The van der Waals surface area contributed by atoms with Crippen molar-refractivity contribution in [3.8, 4) is 22.6 Å². The Kier molecular flexibility index (Phi) is 6.85. The maximum absolute atomic E-state index is 12.9. The molecule has 0 unspecified atom stereocenters. The number of carbonyl (C=O) groups excluding carboxylic acids is 1. The molecule has 4 rings (SSSR count). The number of hydrogen-bond donors (Lipinski definition) is 1. The molecule has 0 atom stereocenters. The van der Waals surface area contributed by atoms with E-state index in [0.717, 1.165) is 38.7 Å². The Morgan fingerprint density at radius 1 is 1.00 bits per heavy atom. The van der Waals surface area contributed by atoms with E-state index in [4.69, 9.17) is 21.1 Å². The van der Waals surface area contributed by atoms with Crippen molar-refractivity contribution in [2.75, 3.05) is 19.5 Å². The van der Waals surface area contributed by atoms with E-state index in [2.05, 4.69) is 22.4 Å². The first-order valence-electron chi connectivity index (χ1n) is 10.8. The molecule has 6 heteroatoms. The van der Waals surface area contributed by atoms with Crippen LogP contribution in [-0.2, 0) is 4.79 Å². The predicted octanol–water partition coefficient (Wildman–Crippen LogP) is 6.84. The van der Waals surface area contributed by atoms with Gasteiger partial charge in [-0.05, 0) is 55.3 Å². The van der Waals surface area contributed by atoms with E-state index in [1.165, 1.54) is 6.08 Å². The molecule has 5 nitrogen and oxygen atoms in total. The summed E-state index contributed by atoms with van der Waals surface area (Å²) < 4.78 is 10.6. The number of fused-ring (bicyclic) bond motifs is 1. The molecule has 0 fully saturated rings. The molecular formula is C28H25ClN2O3. The van der Waals surface area contributed by atoms with E-state index < -0.39 is 0 Å². The van der Waals surface area contributed by atoms with E-state index in [-0.39, 0.29) is 5.91 Å². The molecule has 0 aliphatic rings. The van der Waals surface area contributed by atoms with Gasteiger partial charge in [-0.15, -0.1) is 0 Å². The summed E-state index contributed by atoms with van der Waals surface area (Å²) in [5.74, 6) is 0.936. The first kappa shape index (κ1) is 23.3. The summed E-state index contributed by atoms with van der Waals surface area (Å²) >= 11 is 6.57. The molecule has 1 N–H and O–H groups in total. The number of ether oxygens (including phenoxy) is 2. The summed E-state index contributed by atoms with van der Waals surface area (Å²) in [5, 5.41) is 4.53. The third-order valence-corrected chi connectivity index (χ3v) is 5.87. The van der Waals surface area contributed by atoms with Crippen LogP contribution in [0.3, 0.4) is 0 Å². The molecular weight excluding hydrogens is 448 g/mol. The van der Waals surface area contributed by atoms with Gasteiger partial charge in [-0.3, -0.25) is 9.78 Å². The third-order valence-electron chi connectivity index (χ3n) is 5.54. The van der Waals surface area contributed by atoms with Crippen LogP contribution < -0.4 is 14.8 Å². The van der Waals surface area contributed by atoms with Gasteiger partial charge in [-0.25, -0.2) is 0 Å². The maximum Gasteiger partial charge on any atom is 0.248 e. The van der Waals surface area contributed by atoms with Crippen molar-refractivity contribution in [1.82, 2.24) is 4.98 Å². The molecule has 172 valence electrons. The highest BCUT2D eigenvalue weighted by Crippen LogP contribution is 2.39. The molecule has 3 aromatic carbocycles. The third kappa shape index (κ3) is 4.75. The number of rotatable bonds is 6. The molecule has 0 bridgehead atoms. The summed E-state index contributed by atoms with van der Waals surface area (Å²) in [4.78, 5) is 17.5. The lowest BCUT2D eigenvalue weighted by Gasteiger charge is -2.16. The fraction of sp³-hybridized carbons (Fsp3) is 0.143. The molecule has 1 amide bonds. The van der Waals surface area contributed by atoms with Crippen molar-refractivity contribution in [2.24, 2.45) is 0 Å². The largest absolute Gasteiger partial charge is 0.493 e. The van der Waals surface area contributed by atoms with Crippen LogP contribution in [0.15, 0.2) is 66.9 Å². The molecule has 1 aromatic heterocycles. The number of nitrogens with zero attached hydrogens (tertiary/aromatic N) is 1. The van der Waals surface area contributed by atoms with Gasteiger partial charge in [0.25, 0.3) is 0 Å². The zero-order valence-corrected chi connectivity index (χ0v) is 20.2. The zero-order valence-electron chi connectivity index (χ0n) is 19.5. The Hall–Kier alpha value is -3.83. The Balaban J connectivity index is 1.73. The standard InChI is InChI=1S/C28H25ClN2O3/c1-17-13-18(2)28-21(14-17)27(20-7-5-6-8-22(20)29)23(16-30-28)31-26(32)12-10-19-9-11-24(33-3)25(15-19)34-4/h5-16H,1-4H3,(H,31,32). The van der Waals surface area contributed by atoms with Gasteiger partial charge in [0.1, 0.15) is 0 Å². The molecule has 0 spiro atoms. The Morgan fingerprint density at radius 3 is 2.50 bits per heavy atom. The highest BCUT2D eigenvalue weighted by molar-refractivity contribution is 6.34. The highest BCUT2D eigenvalue weighted by atomic mass is 35.5. The minimum absolute atomic E-state index is 0.284. The average molecular weight is 473 g/mol. The van der Waals surface area contributed by atoms with Gasteiger partial charge in [0.05, 0.1) is 31.6 Å². The highest BCUT2D eigenvalue weighted by Gasteiger charge is 2.16. The van der Waals surface area contributed by atoms with Gasteiger partial charge >= 0.3 is 0 Å².